The van der Waals surface area contributed by atoms with Gasteiger partial charge in [-0.05, 0) is 17.5 Å². The molecule has 0 aliphatic carbocycles. The molecule has 128 valence electrons. The fraction of sp³-hybridized carbons (Fsp3) is 0.474. The third-order valence-electron chi connectivity index (χ3n) is 4.33. The molecular weight excluding hydrogens is 300 g/mol. The molecular formula is C19H26N4O. The van der Waals surface area contributed by atoms with E-state index >= 15 is 0 Å². The number of nitrogens with zero attached hydrogens (tertiary/aromatic N) is 3. The standard InChI is InChI=1S/C19H26N4O/c1-19(2,3)16-11-21-17(24-16)12-22-18(20-4)23-10-9-14-7-5-6-8-15(14)13-23/h5-8,11H,9-10,12-13H2,1-4H3,(H,20,22). The molecule has 0 saturated heterocycles. The maximum atomic E-state index is 5.84. The summed E-state index contributed by atoms with van der Waals surface area (Å²) in [5.41, 5.74) is 2.79. The molecule has 0 atom stereocenters. The van der Waals surface area contributed by atoms with E-state index in [9.17, 15) is 0 Å². The van der Waals surface area contributed by atoms with E-state index < -0.39 is 0 Å². The van der Waals surface area contributed by atoms with Crippen LogP contribution in [0.2, 0.25) is 0 Å². The van der Waals surface area contributed by atoms with Crippen LogP contribution in [0.1, 0.15) is 43.5 Å². The molecule has 5 heteroatoms. The molecule has 1 aromatic heterocycles. The van der Waals surface area contributed by atoms with Gasteiger partial charge in [-0.15, -0.1) is 0 Å². The molecule has 0 spiro atoms. The van der Waals surface area contributed by atoms with Gasteiger partial charge in [-0.1, -0.05) is 45.0 Å². The zero-order chi connectivity index (χ0) is 17.2. The Kier molecular flexibility index (Phi) is 4.60. The first-order chi connectivity index (χ1) is 11.5. The molecule has 5 nitrogen and oxygen atoms in total. The summed E-state index contributed by atoms with van der Waals surface area (Å²) in [5, 5.41) is 3.37. The molecule has 0 radical (unpaired) electrons. The van der Waals surface area contributed by atoms with Crippen LogP contribution in [0.4, 0.5) is 0 Å². The zero-order valence-electron chi connectivity index (χ0n) is 15.0. The maximum absolute atomic E-state index is 5.84. The molecule has 2 aromatic rings. The Hall–Kier alpha value is -2.30. The lowest BCUT2D eigenvalue weighted by atomic mass is 9.94. The van der Waals surface area contributed by atoms with Crippen molar-refractivity contribution in [1.29, 1.82) is 0 Å². The predicted molar refractivity (Wildman–Crippen MR) is 96.0 cm³/mol. The number of nitrogens with one attached hydrogen (secondary N) is 1. The van der Waals surface area contributed by atoms with Crippen molar-refractivity contribution in [2.45, 2.75) is 45.7 Å². The van der Waals surface area contributed by atoms with Gasteiger partial charge in [0.15, 0.2) is 5.96 Å². The van der Waals surface area contributed by atoms with Gasteiger partial charge in [0, 0.05) is 25.6 Å². The number of fused-ring (bicyclic) bond motifs is 1. The fourth-order valence-corrected chi connectivity index (χ4v) is 2.90. The molecule has 0 unspecified atom stereocenters. The van der Waals surface area contributed by atoms with Crippen LogP contribution in [0.5, 0.6) is 0 Å². The number of benzene rings is 1. The Balaban J connectivity index is 1.63. The summed E-state index contributed by atoms with van der Waals surface area (Å²) in [6.45, 7) is 8.75. The van der Waals surface area contributed by atoms with E-state index in [1.165, 1.54) is 11.1 Å². The van der Waals surface area contributed by atoms with E-state index in [-0.39, 0.29) is 5.41 Å². The van der Waals surface area contributed by atoms with Crippen molar-refractivity contribution in [3.05, 3.63) is 53.2 Å². The van der Waals surface area contributed by atoms with E-state index in [2.05, 4.69) is 65.2 Å². The number of guanidine groups is 1. The summed E-state index contributed by atoms with van der Waals surface area (Å²) >= 11 is 0. The lowest BCUT2D eigenvalue weighted by molar-refractivity contribution is 0.362. The van der Waals surface area contributed by atoms with E-state index in [0.717, 1.165) is 31.2 Å². The number of rotatable bonds is 2. The van der Waals surface area contributed by atoms with Gasteiger partial charge in [0.1, 0.15) is 5.76 Å². The lowest BCUT2D eigenvalue weighted by Crippen LogP contribution is -2.43. The van der Waals surface area contributed by atoms with Gasteiger partial charge in [-0.2, -0.15) is 0 Å². The van der Waals surface area contributed by atoms with Crippen molar-refractivity contribution in [3.63, 3.8) is 0 Å². The van der Waals surface area contributed by atoms with Crippen LogP contribution in [-0.4, -0.2) is 29.4 Å². The van der Waals surface area contributed by atoms with Crippen molar-refractivity contribution in [2.24, 2.45) is 4.99 Å². The van der Waals surface area contributed by atoms with Gasteiger partial charge in [0.25, 0.3) is 0 Å². The minimum Gasteiger partial charge on any atom is -0.443 e. The van der Waals surface area contributed by atoms with E-state index in [1.807, 2.05) is 13.2 Å². The maximum Gasteiger partial charge on any atom is 0.213 e. The predicted octanol–water partition coefficient (Wildman–Crippen LogP) is 3.11. The minimum absolute atomic E-state index is 0.0243. The van der Waals surface area contributed by atoms with Crippen LogP contribution in [0.25, 0.3) is 0 Å². The van der Waals surface area contributed by atoms with E-state index in [0.29, 0.717) is 12.4 Å². The Morgan fingerprint density at radius 2 is 2.04 bits per heavy atom. The van der Waals surface area contributed by atoms with Crippen molar-refractivity contribution in [2.75, 3.05) is 13.6 Å². The summed E-state index contributed by atoms with van der Waals surface area (Å²) < 4.78 is 5.84. The summed E-state index contributed by atoms with van der Waals surface area (Å²) in [6.07, 6.45) is 2.86. The Labute approximate surface area is 143 Å². The van der Waals surface area contributed by atoms with Gasteiger partial charge in [0.2, 0.25) is 5.89 Å². The van der Waals surface area contributed by atoms with Gasteiger partial charge < -0.3 is 14.6 Å². The smallest absolute Gasteiger partial charge is 0.213 e. The second-order valence-corrected chi connectivity index (χ2v) is 7.21. The third-order valence-corrected chi connectivity index (χ3v) is 4.33. The molecule has 0 amide bonds. The summed E-state index contributed by atoms with van der Waals surface area (Å²) in [5.74, 6) is 2.49. The van der Waals surface area contributed by atoms with Crippen LogP contribution < -0.4 is 5.32 Å². The van der Waals surface area contributed by atoms with Crippen molar-refractivity contribution >= 4 is 5.96 Å². The highest BCUT2D eigenvalue weighted by Gasteiger charge is 2.21. The third kappa shape index (κ3) is 3.61. The normalized spacial score (nSPS) is 15.3. The SMILES string of the molecule is CN=C(NCc1ncc(C(C)(C)C)o1)N1CCc2ccccc2C1. The molecule has 1 aliphatic heterocycles. The number of hydrogen-bond acceptors (Lipinski definition) is 3. The molecule has 2 heterocycles. The topological polar surface area (TPSA) is 53.7 Å². The number of aliphatic imine (C=N–C) groups is 1. The van der Waals surface area contributed by atoms with Crippen molar-refractivity contribution in [1.82, 2.24) is 15.2 Å². The van der Waals surface area contributed by atoms with Crippen molar-refractivity contribution < 1.29 is 4.42 Å². The summed E-state index contributed by atoms with van der Waals surface area (Å²) in [6, 6.07) is 8.61. The van der Waals surface area contributed by atoms with Crippen LogP contribution in [0.3, 0.4) is 0 Å². The monoisotopic (exact) mass is 326 g/mol. The molecule has 24 heavy (non-hydrogen) atoms. The lowest BCUT2D eigenvalue weighted by Gasteiger charge is -2.31. The van der Waals surface area contributed by atoms with Crippen LogP contribution in [0, 0.1) is 0 Å². The highest BCUT2D eigenvalue weighted by atomic mass is 16.4. The molecule has 1 N–H and O–H groups in total. The first-order valence-corrected chi connectivity index (χ1v) is 8.45. The van der Waals surface area contributed by atoms with Crippen molar-refractivity contribution in [3.8, 4) is 0 Å². The van der Waals surface area contributed by atoms with Gasteiger partial charge in [-0.3, -0.25) is 4.99 Å². The quantitative estimate of drug-likeness (QED) is 0.680. The molecule has 1 aromatic carbocycles. The second kappa shape index (κ2) is 6.67. The fourth-order valence-electron chi connectivity index (χ4n) is 2.90. The molecule has 0 bridgehead atoms. The van der Waals surface area contributed by atoms with Crippen LogP contribution >= 0.6 is 0 Å². The van der Waals surface area contributed by atoms with E-state index in [1.54, 1.807) is 0 Å². The largest absolute Gasteiger partial charge is 0.443 e. The average molecular weight is 326 g/mol. The molecule has 1 aliphatic rings. The zero-order valence-corrected chi connectivity index (χ0v) is 15.0. The van der Waals surface area contributed by atoms with Crippen LogP contribution in [-0.2, 0) is 24.9 Å². The van der Waals surface area contributed by atoms with Crippen LogP contribution in [0.15, 0.2) is 39.9 Å². The molecule has 0 fully saturated rings. The number of oxazole rings is 1. The van der Waals surface area contributed by atoms with E-state index in [4.69, 9.17) is 4.42 Å². The first-order valence-electron chi connectivity index (χ1n) is 8.45. The minimum atomic E-state index is -0.0243. The second-order valence-electron chi connectivity index (χ2n) is 7.21. The van der Waals surface area contributed by atoms with Gasteiger partial charge in [-0.25, -0.2) is 4.98 Å². The Bertz CT molecular complexity index is 727. The Morgan fingerprint density at radius 3 is 2.71 bits per heavy atom. The Morgan fingerprint density at radius 1 is 1.29 bits per heavy atom. The number of hydrogen-bond donors (Lipinski definition) is 1. The summed E-state index contributed by atoms with van der Waals surface area (Å²) in [7, 11) is 1.82. The summed E-state index contributed by atoms with van der Waals surface area (Å²) in [4.78, 5) is 11.1. The number of aromatic nitrogens is 1. The highest BCUT2D eigenvalue weighted by Crippen LogP contribution is 2.22. The molecule has 0 saturated carbocycles. The average Bonchev–Trinajstić information content (AvgIpc) is 3.04. The molecule has 3 rings (SSSR count). The first kappa shape index (κ1) is 16.6. The van der Waals surface area contributed by atoms with Gasteiger partial charge >= 0.3 is 0 Å². The van der Waals surface area contributed by atoms with Gasteiger partial charge in [0.05, 0.1) is 12.7 Å². The highest BCUT2D eigenvalue weighted by molar-refractivity contribution is 5.80.